The second-order valence-corrected chi connectivity index (χ2v) is 6.78. The summed E-state index contributed by atoms with van der Waals surface area (Å²) >= 11 is 0. The average Bonchev–Trinajstić information content (AvgIpc) is 2.54. The summed E-state index contributed by atoms with van der Waals surface area (Å²) in [4.78, 5) is 0. The maximum atomic E-state index is 11.6. The summed E-state index contributed by atoms with van der Waals surface area (Å²) in [6, 6.07) is 16.7. The number of rotatable bonds is 4. The highest BCUT2D eigenvalue weighted by Gasteiger charge is 2.44. The smallest absolute Gasteiger partial charge is 0.115 e. The minimum absolute atomic E-state index is 0.0809. The largest absolute Gasteiger partial charge is 0.380 e. The van der Waals surface area contributed by atoms with Gasteiger partial charge in [-0.3, -0.25) is 0 Å². The molecule has 2 N–H and O–H groups in total. The first-order chi connectivity index (χ1) is 10.5. The molecule has 3 rings (SSSR count). The quantitative estimate of drug-likeness (QED) is 0.845. The van der Waals surface area contributed by atoms with E-state index in [1.54, 1.807) is 0 Å². The standard InChI is InChI=1S/C20H25NO/c1-19(2)15-9-4-6-11-17(15)20(22,13-8-14-21-3)18-12-7-5-10-16(18)19/h4-7,9-12,21-22H,8,13-14H2,1-3H3. The zero-order valence-corrected chi connectivity index (χ0v) is 13.7. The van der Waals surface area contributed by atoms with Gasteiger partial charge in [0.2, 0.25) is 0 Å². The first-order valence-corrected chi connectivity index (χ1v) is 8.09. The summed E-state index contributed by atoms with van der Waals surface area (Å²) in [5.74, 6) is 0. The van der Waals surface area contributed by atoms with E-state index in [1.165, 1.54) is 11.1 Å². The monoisotopic (exact) mass is 295 g/mol. The van der Waals surface area contributed by atoms with Crippen molar-refractivity contribution in [2.75, 3.05) is 13.6 Å². The zero-order chi connectivity index (χ0) is 15.8. The van der Waals surface area contributed by atoms with Gasteiger partial charge in [-0.2, -0.15) is 0 Å². The Morgan fingerprint density at radius 3 is 1.77 bits per heavy atom. The van der Waals surface area contributed by atoms with E-state index < -0.39 is 5.60 Å². The summed E-state index contributed by atoms with van der Waals surface area (Å²) in [5, 5.41) is 14.8. The molecule has 0 radical (unpaired) electrons. The van der Waals surface area contributed by atoms with Crippen molar-refractivity contribution >= 4 is 0 Å². The van der Waals surface area contributed by atoms with Crippen LogP contribution in [0.4, 0.5) is 0 Å². The fourth-order valence-electron chi connectivity index (χ4n) is 3.86. The van der Waals surface area contributed by atoms with Gasteiger partial charge in [0.25, 0.3) is 0 Å². The lowest BCUT2D eigenvalue weighted by atomic mass is 9.62. The van der Waals surface area contributed by atoms with Crippen LogP contribution in [0.3, 0.4) is 0 Å². The van der Waals surface area contributed by atoms with Gasteiger partial charge in [0, 0.05) is 5.41 Å². The molecule has 2 aromatic rings. The van der Waals surface area contributed by atoms with Crippen molar-refractivity contribution < 1.29 is 5.11 Å². The van der Waals surface area contributed by atoms with Crippen molar-refractivity contribution in [2.45, 2.75) is 37.7 Å². The Morgan fingerprint density at radius 2 is 1.32 bits per heavy atom. The third-order valence-electron chi connectivity index (χ3n) is 5.06. The fraction of sp³-hybridized carbons (Fsp3) is 0.400. The highest BCUT2D eigenvalue weighted by molar-refractivity contribution is 5.57. The number of benzene rings is 2. The number of fused-ring (bicyclic) bond motifs is 2. The van der Waals surface area contributed by atoms with E-state index in [0.717, 1.165) is 30.5 Å². The molecule has 2 heteroatoms. The molecule has 0 bridgehead atoms. The predicted molar refractivity (Wildman–Crippen MR) is 91.2 cm³/mol. The van der Waals surface area contributed by atoms with Crippen LogP contribution in [0.2, 0.25) is 0 Å². The number of nitrogens with one attached hydrogen (secondary N) is 1. The van der Waals surface area contributed by atoms with E-state index in [2.05, 4.69) is 55.6 Å². The first-order valence-electron chi connectivity index (χ1n) is 8.09. The molecule has 0 aromatic heterocycles. The van der Waals surface area contributed by atoms with Crippen molar-refractivity contribution in [3.8, 4) is 0 Å². The van der Waals surface area contributed by atoms with Crippen LogP contribution in [0, 0.1) is 0 Å². The van der Waals surface area contributed by atoms with Crippen molar-refractivity contribution in [3.05, 3.63) is 70.8 Å². The Kier molecular flexibility index (Phi) is 3.84. The molecule has 0 aliphatic heterocycles. The first kappa shape index (κ1) is 15.3. The summed E-state index contributed by atoms with van der Waals surface area (Å²) in [5.41, 5.74) is 3.63. The average molecular weight is 295 g/mol. The Morgan fingerprint density at radius 1 is 0.864 bits per heavy atom. The summed E-state index contributed by atoms with van der Waals surface area (Å²) in [6.07, 6.45) is 1.67. The van der Waals surface area contributed by atoms with Gasteiger partial charge in [0.1, 0.15) is 5.60 Å². The Labute approximate surface area is 133 Å². The number of aliphatic hydroxyl groups is 1. The SMILES string of the molecule is CNCCCC1(O)c2ccccc2C(C)(C)c2ccccc21. The van der Waals surface area contributed by atoms with Gasteiger partial charge in [0.05, 0.1) is 0 Å². The van der Waals surface area contributed by atoms with Gasteiger partial charge in [0.15, 0.2) is 0 Å². The Bertz CT molecular complexity index is 625. The van der Waals surface area contributed by atoms with Crippen molar-refractivity contribution in [3.63, 3.8) is 0 Å². The van der Waals surface area contributed by atoms with Gasteiger partial charge in [-0.05, 0) is 48.7 Å². The van der Waals surface area contributed by atoms with Gasteiger partial charge < -0.3 is 10.4 Å². The minimum atomic E-state index is -0.889. The summed E-state index contributed by atoms with van der Waals surface area (Å²) < 4.78 is 0. The maximum absolute atomic E-state index is 11.6. The number of hydrogen-bond acceptors (Lipinski definition) is 2. The van der Waals surface area contributed by atoms with E-state index in [0.29, 0.717) is 0 Å². The van der Waals surface area contributed by atoms with Crippen molar-refractivity contribution in [1.82, 2.24) is 5.32 Å². The molecule has 0 saturated carbocycles. The lowest BCUT2D eigenvalue weighted by Gasteiger charge is -2.44. The Hall–Kier alpha value is -1.64. The molecule has 0 spiro atoms. The summed E-state index contributed by atoms with van der Waals surface area (Å²) in [7, 11) is 1.95. The molecular formula is C20H25NO. The van der Waals surface area contributed by atoms with E-state index >= 15 is 0 Å². The molecule has 0 saturated heterocycles. The van der Waals surface area contributed by atoms with Crippen LogP contribution in [0.5, 0.6) is 0 Å². The normalized spacial score (nSPS) is 17.6. The summed E-state index contributed by atoms with van der Waals surface area (Å²) in [6.45, 7) is 5.41. The molecule has 0 atom stereocenters. The van der Waals surface area contributed by atoms with E-state index in [-0.39, 0.29) is 5.41 Å². The van der Waals surface area contributed by atoms with Gasteiger partial charge in [-0.25, -0.2) is 0 Å². The zero-order valence-electron chi connectivity index (χ0n) is 13.7. The van der Waals surface area contributed by atoms with Gasteiger partial charge in [-0.1, -0.05) is 62.4 Å². The molecule has 0 unspecified atom stereocenters. The topological polar surface area (TPSA) is 32.3 Å². The van der Waals surface area contributed by atoms with Crippen LogP contribution in [0.1, 0.15) is 48.9 Å². The molecule has 0 fully saturated rings. The highest BCUT2D eigenvalue weighted by atomic mass is 16.3. The lowest BCUT2D eigenvalue weighted by molar-refractivity contribution is 0.0615. The predicted octanol–water partition coefficient (Wildman–Crippen LogP) is 3.56. The maximum Gasteiger partial charge on any atom is 0.115 e. The molecular weight excluding hydrogens is 270 g/mol. The molecule has 2 nitrogen and oxygen atoms in total. The minimum Gasteiger partial charge on any atom is -0.380 e. The molecule has 22 heavy (non-hydrogen) atoms. The van der Waals surface area contributed by atoms with Crippen molar-refractivity contribution in [1.29, 1.82) is 0 Å². The van der Waals surface area contributed by atoms with Crippen molar-refractivity contribution in [2.24, 2.45) is 0 Å². The number of hydrogen-bond donors (Lipinski definition) is 2. The molecule has 0 amide bonds. The van der Waals surface area contributed by atoms with Crippen LogP contribution in [0.15, 0.2) is 48.5 Å². The van der Waals surface area contributed by atoms with E-state index in [4.69, 9.17) is 0 Å². The van der Waals surface area contributed by atoms with Crippen LogP contribution in [0.25, 0.3) is 0 Å². The molecule has 2 aromatic carbocycles. The van der Waals surface area contributed by atoms with Gasteiger partial charge in [-0.15, -0.1) is 0 Å². The second kappa shape index (κ2) is 5.53. The van der Waals surface area contributed by atoms with Crippen LogP contribution >= 0.6 is 0 Å². The second-order valence-electron chi connectivity index (χ2n) is 6.78. The molecule has 116 valence electrons. The van der Waals surface area contributed by atoms with Gasteiger partial charge >= 0.3 is 0 Å². The highest BCUT2D eigenvalue weighted by Crippen LogP contribution is 2.50. The fourth-order valence-corrected chi connectivity index (χ4v) is 3.86. The Balaban J connectivity index is 2.19. The van der Waals surface area contributed by atoms with E-state index in [9.17, 15) is 5.11 Å². The van der Waals surface area contributed by atoms with Crippen LogP contribution < -0.4 is 5.32 Å². The molecule has 1 aliphatic rings. The van der Waals surface area contributed by atoms with Crippen LogP contribution in [-0.4, -0.2) is 18.7 Å². The van der Waals surface area contributed by atoms with E-state index in [1.807, 2.05) is 19.2 Å². The lowest BCUT2D eigenvalue weighted by Crippen LogP contribution is -2.40. The third kappa shape index (κ3) is 2.18. The third-order valence-corrected chi connectivity index (χ3v) is 5.06. The molecule has 1 aliphatic carbocycles. The molecule has 0 heterocycles. The van der Waals surface area contributed by atoms with Crippen LogP contribution in [-0.2, 0) is 11.0 Å².